The van der Waals surface area contributed by atoms with Crippen LogP contribution in [0.5, 0.6) is 0 Å². The van der Waals surface area contributed by atoms with Gasteiger partial charge in [0.1, 0.15) is 17.9 Å². The van der Waals surface area contributed by atoms with Gasteiger partial charge in [-0.05, 0) is 77.4 Å². The molecule has 4 rings (SSSR count). The van der Waals surface area contributed by atoms with Gasteiger partial charge in [0.05, 0.1) is 17.6 Å². The molecule has 15 heteroatoms. The topological polar surface area (TPSA) is 125 Å². The molecule has 3 amide bonds. The molecule has 0 unspecified atom stereocenters. The van der Waals surface area contributed by atoms with E-state index in [0.29, 0.717) is 29.7 Å². The van der Waals surface area contributed by atoms with Gasteiger partial charge in [0, 0.05) is 58.1 Å². The zero-order valence-electron chi connectivity index (χ0n) is 31.6. The number of anilines is 1. The number of aryl methyl sites for hydroxylation is 1. The van der Waals surface area contributed by atoms with E-state index in [1.165, 1.54) is 30.0 Å². The molecule has 0 N–H and O–H groups in total. The van der Waals surface area contributed by atoms with E-state index in [2.05, 4.69) is 24.6 Å². The molecule has 284 valence electrons. The van der Waals surface area contributed by atoms with Crippen molar-refractivity contribution >= 4 is 48.7 Å². The number of fused-ring (bicyclic) bond motifs is 1. The maximum Gasteiger partial charge on any atom is 0.411 e. The van der Waals surface area contributed by atoms with Crippen molar-refractivity contribution in [2.45, 2.75) is 104 Å². The van der Waals surface area contributed by atoms with E-state index in [0.717, 1.165) is 12.1 Å². The number of alkyl halides is 2. The molecule has 1 saturated heterocycles. The van der Waals surface area contributed by atoms with Gasteiger partial charge in [-0.15, -0.1) is 0 Å². The van der Waals surface area contributed by atoms with Crippen molar-refractivity contribution in [1.82, 2.24) is 14.0 Å². The number of rotatable bonds is 12. The summed E-state index contributed by atoms with van der Waals surface area (Å²) in [6.07, 6.45) is -2.95. The van der Waals surface area contributed by atoms with E-state index in [1.807, 2.05) is 12.1 Å². The van der Waals surface area contributed by atoms with E-state index >= 15 is 0 Å². The number of amides is 3. The van der Waals surface area contributed by atoms with Gasteiger partial charge in [-0.25, -0.2) is 13.6 Å². The number of nitrogens with zero attached hydrogens (tertiary/aromatic N) is 5. The zero-order valence-corrected chi connectivity index (χ0v) is 32.6. The molecule has 0 atom stereocenters. The first-order valence-corrected chi connectivity index (χ1v) is 21.1. The third kappa shape index (κ3) is 9.94. The van der Waals surface area contributed by atoms with Crippen LogP contribution in [0.4, 0.5) is 19.3 Å². The smallest absolute Gasteiger partial charge is 0.411 e. The number of carbonyl (C=O) groups is 4. The number of halogens is 2. The molecule has 12 nitrogen and oxygen atoms in total. The van der Waals surface area contributed by atoms with Crippen LogP contribution >= 0.6 is 0 Å². The monoisotopic (exact) mass is 743 g/mol. The fraction of sp³-hybridized carbons (Fsp3) is 0.541. The second-order valence-corrected chi connectivity index (χ2v) is 21.2. The number of carbonyl (C=O) groups excluding carboxylic acids is 4. The zero-order chi connectivity index (χ0) is 38.6. The van der Waals surface area contributed by atoms with Crippen LogP contribution in [0.2, 0.25) is 25.7 Å². The highest BCUT2D eigenvalue weighted by atomic mass is 28.3. The van der Waals surface area contributed by atoms with Crippen molar-refractivity contribution in [1.29, 1.82) is 0 Å². The predicted molar refractivity (Wildman–Crippen MR) is 196 cm³/mol. The molecule has 1 fully saturated rings. The minimum atomic E-state index is -2.76. The Labute approximate surface area is 304 Å². The van der Waals surface area contributed by atoms with E-state index in [9.17, 15) is 28.0 Å². The van der Waals surface area contributed by atoms with E-state index < -0.39 is 43.6 Å². The fourth-order valence-electron chi connectivity index (χ4n) is 5.80. The first-order valence-electron chi connectivity index (χ1n) is 17.4. The lowest BCUT2D eigenvalue weighted by Crippen LogP contribution is -2.65. The number of hydrogen-bond donors (Lipinski definition) is 0. The second-order valence-electron chi connectivity index (χ2n) is 15.6. The summed E-state index contributed by atoms with van der Waals surface area (Å²) >= 11 is 0. The lowest BCUT2D eigenvalue weighted by molar-refractivity contribution is -0.141. The molecule has 0 saturated carbocycles. The molecule has 0 aliphatic carbocycles. The Bertz CT molecular complexity index is 1870. The normalized spacial score (nSPS) is 15.5. The van der Waals surface area contributed by atoms with Gasteiger partial charge in [-0.3, -0.25) is 23.9 Å². The van der Waals surface area contributed by atoms with Gasteiger partial charge in [-0.1, -0.05) is 31.8 Å². The molecule has 0 radical (unpaired) electrons. The third-order valence-electron chi connectivity index (χ3n) is 8.57. The molecule has 52 heavy (non-hydrogen) atoms. The van der Waals surface area contributed by atoms with Gasteiger partial charge in [-0.2, -0.15) is 4.99 Å². The Morgan fingerprint density at radius 2 is 1.69 bits per heavy atom. The number of hydrogen-bond acceptors (Lipinski definition) is 7. The summed E-state index contributed by atoms with van der Waals surface area (Å²) in [7, 11) is -1.45. The molecule has 1 aliphatic rings. The molecule has 0 spiro atoms. The Hall–Kier alpha value is -4.37. The Kier molecular flexibility index (Phi) is 12.5. The van der Waals surface area contributed by atoms with Gasteiger partial charge in [0.15, 0.2) is 0 Å². The Balaban J connectivity index is 1.84. The van der Waals surface area contributed by atoms with Crippen molar-refractivity contribution in [3.05, 3.63) is 59.2 Å². The number of piperazine rings is 1. The maximum absolute atomic E-state index is 14.0. The number of esters is 1. The minimum absolute atomic E-state index is 0.00269. The van der Waals surface area contributed by atoms with Crippen molar-refractivity contribution in [3.63, 3.8) is 0 Å². The average Bonchev–Trinajstić information content (AvgIpc) is 3.32. The largest absolute Gasteiger partial charge is 0.466 e. The van der Waals surface area contributed by atoms with Crippen molar-refractivity contribution in [2.75, 3.05) is 31.2 Å². The van der Waals surface area contributed by atoms with Crippen LogP contribution in [0.3, 0.4) is 0 Å². The van der Waals surface area contributed by atoms with Gasteiger partial charge < -0.3 is 23.7 Å². The molecular weight excluding hydrogens is 693 g/mol. The van der Waals surface area contributed by atoms with Crippen LogP contribution in [0, 0.1) is 0 Å². The van der Waals surface area contributed by atoms with Crippen LogP contribution in [0.15, 0.2) is 47.5 Å². The summed E-state index contributed by atoms with van der Waals surface area (Å²) in [5.41, 5.74) is -0.218. The van der Waals surface area contributed by atoms with Crippen LogP contribution in [0.25, 0.3) is 11.0 Å². The summed E-state index contributed by atoms with van der Waals surface area (Å²) in [4.78, 5) is 59.7. The summed E-state index contributed by atoms with van der Waals surface area (Å²) in [6.45, 7) is 18.0. The first kappa shape index (κ1) is 40.4. The Morgan fingerprint density at radius 1 is 0.981 bits per heavy atom. The fourth-order valence-corrected chi connectivity index (χ4v) is 6.56. The number of ether oxygens (including phenoxy) is 3. The summed E-state index contributed by atoms with van der Waals surface area (Å²) in [6, 6.07) is 11.5. The van der Waals surface area contributed by atoms with Gasteiger partial charge in [0.2, 0.25) is 5.62 Å². The number of aromatic nitrogens is 2. The SMILES string of the molecule is CC(=O)OCCCn1/c(=N\C(=O)c2cccc(C(F)F)c2)n(COCC[Si](C)(C)C)c2cc(N3CCN(C(=O)OC(C)(C)C)C(C)(C)C3=O)ccc21. The molecule has 2 aromatic carbocycles. The van der Waals surface area contributed by atoms with E-state index in [1.54, 1.807) is 54.7 Å². The highest BCUT2D eigenvalue weighted by Gasteiger charge is 2.46. The van der Waals surface area contributed by atoms with Gasteiger partial charge >= 0.3 is 12.1 Å². The lowest BCUT2D eigenvalue weighted by atomic mass is 9.97. The molecule has 1 aromatic heterocycles. The van der Waals surface area contributed by atoms with Crippen molar-refractivity contribution in [3.8, 4) is 0 Å². The third-order valence-corrected chi connectivity index (χ3v) is 10.3. The van der Waals surface area contributed by atoms with Crippen LogP contribution in [-0.2, 0) is 37.1 Å². The van der Waals surface area contributed by atoms with Crippen molar-refractivity contribution < 1.29 is 42.2 Å². The summed E-state index contributed by atoms with van der Waals surface area (Å²) in [5.74, 6) is -1.45. The minimum Gasteiger partial charge on any atom is -0.466 e. The highest BCUT2D eigenvalue weighted by Crippen LogP contribution is 2.31. The maximum atomic E-state index is 14.0. The lowest BCUT2D eigenvalue weighted by Gasteiger charge is -2.45. The predicted octanol–water partition coefficient (Wildman–Crippen LogP) is 6.75. The second kappa shape index (κ2) is 16.1. The molecule has 3 aromatic rings. The van der Waals surface area contributed by atoms with E-state index in [-0.39, 0.29) is 55.6 Å². The summed E-state index contributed by atoms with van der Waals surface area (Å²) in [5, 5.41) is 0. The van der Waals surface area contributed by atoms with Crippen LogP contribution in [0.1, 0.15) is 70.3 Å². The molecule has 2 heterocycles. The first-order chi connectivity index (χ1) is 24.2. The van der Waals surface area contributed by atoms with Gasteiger partial charge in [0.25, 0.3) is 18.2 Å². The quantitative estimate of drug-likeness (QED) is 0.114. The van der Waals surface area contributed by atoms with Crippen LogP contribution < -0.4 is 10.5 Å². The number of imidazole rings is 1. The number of benzene rings is 2. The molecule has 1 aliphatic heterocycles. The van der Waals surface area contributed by atoms with E-state index in [4.69, 9.17) is 14.2 Å². The summed E-state index contributed by atoms with van der Waals surface area (Å²) < 4.78 is 47.5. The molecule has 0 bridgehead atoms. The van der Waals surface area contributed by atoms with Crippen molar-refractivity contribution in [2.24, 2.45) is 4.99 Å². The standard InChI is InChI=1S/C37H51F2N5O7Si/c1-25(45)50-19-11-16-42-29-15-14-28(41-17-18-44(37(5,6)33(41)47)35(48)51-36(2,3)4)23-30(29)43(24-49-20-21-52(7,8)9)34(42)40-32(46)27-13-10-12-26(22-27)31(38)39/h10,12-15,22-23,31H,11,16-21,24H2,1-9H3/b40-34+. The van der Waals surface area contributed by atoms with Crippen LogP contribution in [-0.4, -0.2) is 83.4 Å². The Morgan fingerprint density at radius 3 is 2.33 bits per heavy atom. The average molecular weight is 744 g/mol. The highest BCUT2D eigenvalue weighted by molar-refractivity contribution is 6.76. The molecular formula is C37H51F2N5O7Si.